The number of morpholine rings is 1. The van der Waals surface area contributed by atoms with Gasteiger partial charge in [-0.25, -0.2) is 4.98 Å². The summed E-state index contributed by atoms with van der Waals surface area (Å²) in [5.74, 6) is -0.407. The van der Waals surface area contributed by atoms with Crippen molar-refractivity contribution in [1.82, 2.24) is 14.3 Å². The van der Waals surface area contributed by atoms with Crippen LogP contribution in [-0.2, 0) is 16.1 Å². The summed E-state index contributed by atoms with van der Waals surface area (Å²) in [6, 6.07) is 3.92. The van der Waals surface area contributed by atoms with Crippen LogP contribution in [0.2, 0.25) is 0 Å². The third kappa shape index (κ3) is 2.70. The molecule has 2 N–H and O–H groups in total. The lowest BCUT2D eigenvalue weighted by atomic mass is 10.2. The Morgan fingerprint density at radius 2 is 2.40 bits per heavy atom. The number of carbonyl (C=O) groups excluding carboxylic acids is 1. The molecule has 7 heteroatoms. The number of nitrogens with zero attached hydrogens (tertiary/aromatic N) is 3. The SMILES string of the molecule is NC(=O)[C@@H]1CN(Cc2cnc3ccc(Br)cn23)CCO1. The zero-order valence-electron chi connectivity index (χ0n) is 10.8. The molecule has 1 saturated heterocycles. The molecule has 1 aliphatic heterocycles. The number of fused-ring (bicyclic) bond motifs is 1. The van der Waals surface area contributed by atoms with Crippen molar-refractivity contribution in [2.45, 2.75) is 12.6 Å². The summed E-state index contributed by atoms with van der Waals surface area (Å²) in [6.45, 7) is 2.54. The van der Waals surface area contributed by atoms with Gasteiger partial charge in [0.2, 0.25) is 5.91 Å². The Kier molecular flexibility index (Phi) is 3.73. The minimum atomic E-state index is -0.519. The van der Waals surface area contributed by atoms with Crippen molar-refractivity contribution >= 4 is 27.5 Å². The second-order valence-electron chi connectivity index (χ2n) is 4.82. The van der Waals surface area contributed by atoms with E-state index in [4.69, 9.17) is 10.5 Å². The molecule has 1 aliphatic rings. The third-order valence-corrected chi connectivity index (χ3v) is 3.87. The molecule has 1 atom stereocenters. The van der Waals surface area contributed by atoms with Crippen molar-refractivity contribution in [3.8, 4) is 0 Å². The van der Waals surface area contributed by atoms with Crippen LogP contribution in [0, 0.1) is 0 Å². The highest BCUT2D eigenvalue weighted by molar-refractivity contribution is 9.10. The molecular weight excluding hydrogens is 324 g/mol. The summed E-state index contributed by atoms with van der Waals surface area (Å²) in [5.41, 5.74) is 7.28. The quantitative estimate of drug-likeness (QED) is 0.897. The van der Waals surface area contributed by atoms with Crippen LogP contribution in [0.3, 0.4) is 0 Å². The van der Waals surface area contributed by atoms with Crippen LogP contribution in [-0.4, -0.2) is 46.0 Å². The van der Waals surface area contributed by atoms with Gasteiger partial charge >= 0.3 is 0 Å². The number of aromatic nitrogens is 2. The average molecular weight is 339 g/mol. The highest BCUT2D eigenvalue weighted by atomic mass is 79.9. The highest BCUT2D eigenvalue weighted by Crippen LogP contribution is 2.16. The van der Waals surface area contributed by atoms with Crippen LogP contribution in [0.5, 0.6) is 0 Å². The van der Waals surface area contributed by atoms with E-state index in [1.165, 1.54) is 0 Å². The molecule has 106 valence electrons. The van der Waals surface area contributed by atoms with E-state index >= 15 is 0 Å². The number of amides is 1. The van der Waals surface area contributed by atoms with Crippen molar-refractivity contribution in [3.05, 3.63) is 34.7 Å². The Morgan fingerprint density at radius 1 is 1.55 bits per heavy atom. The number of imidazole rings is 1. The van der Waals surface area contributed by atoms with Crippen LogP contribution in [0.25, 0.3) is 5.65 Å². The van der Waals surface area contributed by atoms with Gasteiger partial charge in [0.25, 0.3) is 0 Å². The Balaban J connectivity index is 1.79. The number of ether oxygens (including phenoxy) is 1. The number of halogens is 1. The maximum atomic E-state index is 11.2. The molecule has 2 aromatic heterocycles. The first kappa shape index (κ1) is 13.5. The number of carbonyl (C=O) groups is 1. The lowest BCUT2D eigenvalue weighted by Gasteiger charge is -2.31. The minimum absolute atomic E-state index is 0.407. The van der Waals surface area contributed by atoms with Crippen molar-refractivity contribution in [1.29, 1.82) is 0 Å². The number of rotatable bonds is 3. The van der Waals surface area contributed by atoms with Gasteiger partial charge in [0, 0.05) is 30.3 Å². The van der Waals surface area contributed by atoms with E-state index in [0.29, 0.717) is 19.7 Å². The Morgan fingerprint density at radius 3 is 3.20 bits per heavy atom. The lowest BCUT2D eigenvalue weighted by molar-refractivity contribution is -0.135. The summed E-state index contributed by atoms with van der Waals surface area (Å²) >= 11 is 3.46. The highest BCUT2D eigenvalue weighted by Gasteiger charge is 2.25. The van der Waals surface area contributed by atoms with Crippen molar-refractivity contribution in [2.75, 3.05) is 19.7 Å². The van der Waals surface area contributed by atoms with Gasteiger partial charge in [-0.15, -0.1) is 0 Å². The fourth-order valence-corrected chi connectivity index (χ4v) is 2.71. The number of pyridine rings is 1. The van der Waals surface area contributed by atoms with Gasteiger partial charge in [-0.05, 0) is 28.1 Å². The van der Waals surface area contributed by atoms with Gasteiger partial charge in [-0.1, -0.05) is 0 Å². The standard InChI is InChI=1S/C13H15BrN4O2/c14-9-1-2-12-16-5-10(18(12)6-9)7-17-3-4-20-11(8-17)13(15)19/h1-2,5-6,11H,3-4,7-8H2,(H2,15,19)/t11-/m0/s1. The van der Waals surface area contributed by atoms with Crippen molar-refractivity contribution in [3.63, 3.8) is 0 Å². The van der Waals surface area contributed by atoms with Gasteiger partial charge in [0.1, 0.15) is 11.8 Å². The van der Waals surface area contributed by atoms with Gasteiger partial charge < -0.3 is 14.9 Å². The van der Waals surface area contributed by atoms with E-state index in [-0.39, 0.29) is 0 Å². The van der Waals surface area contributed by atoms with E-state index in [2.05, 4.69) is 25.8 Å². The molecule has 0 unspecified atom stereocenters. The van der Waals surface area contributed by atoms with E-state index in [1.54, 1.807) is 0 Å². The molecule has 0 aliphatic carbocycles. The van der Waals surface area contributed by atoms with E-state index < -0.39 is 12.0 Å². The van der Waals surface area contributed by atoms with Crippen LogP contribution >= 0.6 is 15.9 Å². The van der Waals surface area contributed by atoms with Gasteiger partial charge in [0.15, 0.2) is 0 Å². The summed E-state index contributed by atoms with van der Waals surface area (Å²) in [6.07, 6.45) is 3.33. The molecule has 3 rings (SSSR count). The first-order valence-corrected chi connectivity index (χ1v) is 7.17. The molecule has 1 amide bonds. The van der Waals surface area contributed by atoms with Crippen LogP contribution in [0.4, 0.5) is 0 Å². The first-order valence-electron chi connectivity index (χ1n) is 6.38. The summed E-state index contributed by atoms with van der Waals surface area (Å²) < 4.78 is 8.39. The molecule has 0 radical (unpaired) electrons. The number of primary amides is 1. The molecule has 0 bridgehead atoms. The fourth-order valence-electron chi connectivity index (χ4n) is 2.37. The fraction of sp³-hybridized carbons (Fsp3) is 0.385. The zero-order valence-corrected chi connectivity index (χ0v) is 12.4. The maximum absolute atomic E-state index is 11.2. The maximum Gasteiger partial charge on any atom is 0.247 e. The van der Waals surface area contributed by atoms with Crippen molar-refractivity contribution in [2.24, 2.45) is 5.73 Å². The average Bonchev–Trinajstić information content (AvgIpc) is 2.82. The van der Waals surface area contributed by atoms with Crippen LogP contribution in [0.15, 0.2) is 29.0 Å². The number of hydrogen-bond donors (Lipinski definition) is 1. The summed E-state index contributed by atoms with van der Waals surface area (Å²) in [4.78, 5) is 17.7. The number of hydrogen-bond acceptors (Lipinski definition) is 4. The normalized spacial score (nSPS) is 20.4. The Hall–Kier alpha value is -1.44. The van der Waals surface area contributed by atoms with Gasteiger partial charge in [-0.3, -0.25) is 9.69 Å². The number of nitrogens with two attached hydrogens (primary N) is 1. The molecular formula is C13H15BrN4O2. The molecule has 3 heterocycles. The molecule has 0 aromatic carbocycles. The Labute approximate surface area is 124 Å². The molecule has 2 aromatic rings. The van der Waals surface area contributed by atoms with Crippen LogP contribution < -0.4 is 5.73 Å². The molecule has 1 fully saturated rings. The molecule has 6 nitrogen and oxygen atoms in total. The van der Waals surface area contributed by atoms with Crippen LogP contribution in [0.1, 0.15) is 5.69 Å². The second-order valence-corrected chi connectivity index (χ2v) is 5.74. The van der Waals surface area contributed by atoms with Gasteiger partial charge in [0.05, 0.1) is 18.5 Å². The summed E-state index contributed by atoms with van der Waals surface area (Å²) in [7, 11) is 0. The third-order valence-electron chi connectivity index (χ3n) is 3.40. The first-order chi connectivity index (χ1) is 9.63. The lowest BCUT2D eigenvalue weighted by Crippen LogP contribution is -2.48. The Bertz CT molecular complexity index is 642. The van der Waals surface area contributed by atoms with Gasteiger partial charge in [-0.2, -0.15) is 0 Å². The predicted molar refractivity (Wildman–Crippen MR) is 77.1 cm³/mol. The zero-order chi connectivity index (χ0) is 14.1. The smallest absolute Gasteiger partial charge is 0.247 e. The molecule has 0 saturated carbocycles. The summed E-state index contributed by atoms with van der Waals surface area (Å²) in [5, 5.41) is 0. The van der Waals surface area contributed by atoms with Crippen molar-refractivity contribution < 1.29 is 9.53 Å². The topological polar surface area (TPSA) is 72.9 Å². The van der Waals surface area contributed by atoms with E-state index in [0.717, 1.165) is 22.4 Å². The largest absolute Gasteiger partial charge is 0.367 e. The van der Waals surface area contributed by atoms with E-state index in [1.807, 2.05) is 28.9 Å². The minimum Gasteiger partial charge on any atom is -0.367 e. The monoisotopic (exact) mass is 338 g/mol. The molecule has 0 spiro atoms. The molecule has 20 heavy (non-hydrogen) atoms. The predicted octanol–water partition coefficient (Wildman–Crippen LogP) is 0.783. The second kappa shape index (κ2) is 5.51. The van der Waals surface area contributed by atoms with E-state index in [9.17, 15) is 4.79 Å².